The number of amides is 2. The highest BCUT2D eigenvalue weighted by atomic mass is 35.5. The largest absolute Gasteiger partial charge is 0.367 e. The van der Waals surface area contributed by atoms with Crippen molar-refractivity contribution in [1.29, 1.82) is 0 Å². The number of benzene rings is 1. The lowest BCUT2D eigenvalue weighted by atomic mass is 9.88. The van der Waals surface area contributed by atoms with Crippen molar-refractivity contribution in [2.75, 3.05) is 6.54 Å². The fraction of sp³-hybridized carbons (Fsp3) is 0.500. The Morgan fingerprint density at radius 1 is 1.27 bits per heavy atom. The molecule has 6 heteroatoms. The number of carbonyl (C=O) groups excluding carboxylic acids is 2. The van der Waals surface area contributed by atoms with Crippen LogP contribution < -0.4 is 16.8 Å². The Labute approximate surface area is 137 Å². The first-order valence-electron chi connectivity index (χ1n) is 7.36. The lowest BCUT2D eigenvalue weighted by Crippen LogP contribution is -2.54. The Kier molecular flexibility index (Phi) is 6.38. The van der Waals surface area contributed by atoms with E-state index < -0.39 is 11.4 Å². The topological polar surface area (TPSA) is 98.2 Å². The average molecular weight is 326 g/mol. The summed E-state index contributed by atoms with van der Waals surface area (Å²) >= 11 is 0. The molecule has 3 atom stereocenters. The molecule has 0 bridgehead atoms. The van der Waals surface area contributed by atoms with E-state index in [-0.39, 0.29) is 30.2 Å². The fourth-order valence-corrected chi connectivity index (χ4v) is 3.05. The number of rotatable bonds is 5. The monoisotopic (exact) mass is 325 g/mol. The summed E-state index contributed by atoms with van der Waals surface area (Å²) in [4.78, 5) is 24.4. The van der Waals surface area contributed by atoms with Crippen LogP contribution in [0.5, 0.6) is 0 Å². The van der Waals surface area contributed by atoms with E-state index in [2.05, 4.69) is 5.32 Å². The maximum atomic E-state index is 12.5. The van der Waals surface area contributed by atoms with Crippen molar-refractivity contribution >= 4 is 24.2 Å². The Morgan fingerprint density at radius 3 is 2.45 bits per heavy atom. The number of carbonyl (C=O) groups is 2. The molecule has 0 heterocycles. The van der Waals surface area contributed by atoms with Gasteiger partial charge in [-0.05, 0) is 37.8 Å². The number of hydrogen-bond donors (Lipinski definition) is 3. The second-order valence-corrected chi connectivity index (χ2v) is 5.88. The minimum Gasteiger partial charge on any atom is -0.367 e. The van der Waals surface area contributed by atoms with E-state index in [4.69, 9.17) is 11.5 Å². The summed E-state index contributed by atoms with van der Waals surface area (Å²) < 4.78 is 0. The van der Waals surface area contributed by atoms with E-state index in [0.29, 0.717) is 12.1 Å². The van der Waals surface area contributed by atoms with Gasteiger partial charge in [-0.2, -0.15) is 0 Å². The molecule has 2 rings (SSSR count). The molecule has 0 aliphatic heterocycles. The summed E-state index contributed by atoms with van der Waals surface area (Å²) in [7, 11) is 0. The highest BCUT2D eigenvalue weighted by Crippen LogP contribution is 2.32. The summed E-state index contributed by atoms with van der Waals surface area (Å²) in [5, 5.41) is 2.85. The molecule has 0 spiro atoms. The van der Waals surface area contributed by atoms with Crippen molar-refractivity contribution in [3.05, 3.63) is 35.9 Å². The van der Waals surface area contributed by atoms with Crippen LogP contribution >= 0.6 is 12.4 Å². The molecule has 0 radical (unpaired) electrons. The molecular formula is C16H24ClN3O2. The van der Waals surface area contributed by atoms with Gasteiger partial charge in [0.05, 0.1) is 0 Å². The minimum absolute atomic E-state index is 0. The molecule has 22 heavy (non-hydrogen) atoms. The van der Waals surface area contributed by atoms with Gasteiger partial charge in [0.1, 0.15) is 5.54 Å². The van der Waals surface area contributed by atoms with Crippen LogP contribution in [0.25, 0.3) is 0 Å². The average Bonchev–Trinajstić information content (AvgIpc) is 2.96. The van der Waals surface area contributed by atoms with E-state index in [9.17, 15) is 9.59 Å². The summed E-state index contributed by atoms with van der Waals surface area (Å²) in [6, 6.07) is 9.08. The van der Waals surface area contributed by atoms with Crippen molar-refractivity contribution in [1.82, 2.24) is 5.32 Å². The van der Waals surface area contributed by atoms with Crippen LogP contribution in [-0.4, -0.2) is 18.4 Å². The van der Waals surface area contributed by atoms with Gasteiger partial charge in [-0.15, -0.1) is 12.4 Å². The summed E-state index contributed by atoms with van der Waals surface area (Å²) in [5.41, 5.74) is 10.8. The number of nitrogens with one attached hydrogen (secondary N) is 1. The molecule has 5 N–H and O–H groups in total. The molecule has 1 unspecified atom stereocenters. The zero-order chi connectivity index (χ0) is 15.5. The number of halogens is 1. The Bertz CT molecular complexity index is 523. The predicted octanol–water partition coefficient (Wildman–Crippen LogP) is 1.30. The summed E-state index contributed by atoms with van der Waals surface area (Å²) in [5.74, 6) is -0.632. The summed E-state index contributed by atoms with van der Waals surface area (Å²) in [6.45, 7) is 2.14. The standard InChI is InChI=1S/C16H23N3O2.ClH/c1-16(15(18)21,12-7-3-2-4-8-12)19-14(20)13-9-5-6-11(13)10-17;/h2-4,7-8,11,13H,5-6,9-10,17H2,1H3,(H2,18,21)(H,19,20);1H/t11-,13-,16?;/m1./s1. The third kappa shape index (κ3) is 3.59. The molecule has 1 aromatic rings. The van der Waals surface area contributed by atoms with Crippen molar-refractivity contribution < 1.29 is 9.59 Å². The van der Waals surface area contributed by atoms with E-state index in [1.807, 2.05) is 18.2 Å². The van der Waals surface area contributed by atoms with Crippen LogP contribution in [0.4, 0.5) is 0 Å². The SMILES string of the molecule is CC(NC(=O)[C@@H]1CCC[C@@H]1CN)(C(N)=O)c1ccccc1.Cl. The Hall–Kier alpha value is -1.59. The van der Waals surface area contributed by atoms with Gasteiger partial charge in [0.25, 0.3) is 0 Å². The van der Waals surface area contributed by atoms with Crippen LogP contribution in [0.15, 0.2) is 30.3 Å². The minimum atomic E-state index is -1.19. The molecular weight excluding hydrogens is 302 g/mol. The van der Waals surface area contributed by atoms with Crippen LogP contribution in [0.3, 0.4) is 0 Å². The third-order valence-corrected chi connectivity index (χ3v) is 4.52. The highest BCUT2D eigenvalue weighted by Gasteiger charge is 2.39. The van der Waals surface area contributed by atoms with Gasteiger partial charge in [0.2, 0.25) is 11.8 Å². The van der Waals surface area contributed by atoms with E-state index in [1.54, 1.807) is 19.1 Å². The molecule has 1 fully saturated rings. The first-order chi connectivity index (χ1) is 9.99. The van der Waals surface area contributed by atoms with Gasteiger partial charge >= 0.3 is 0 Å². The highest BCUT2D eigenvalue weighted by molar-refractivity contribution is 5.92. The van der Waals surface area contributed by atoms with E-state index >= 15 is 0 Å². The summed E-state index contributed by atoms with van der Waals surface area (Å²) in [6.07, 6.45) is 2.78. The van der Waals surface area contributed by atoms with Gasteiger partial charge in [-0.3, -0.25) is 9.59 Å². The maximum Gasteiger partial charge on any atom is 0.247 e. The second-order valence-electron chi connectivity index (χ2n) is 5.88. The predicted molar refractivity (Wildman–Crippen MR) is 88.3 cm³/mol. The van der Waals surface area contributed by atoms with Gasteiger partial charge < -0.3 is 16.8 Å². The molecule has 0 aromatic heterocycles. The van der Waals surface area contributed by atoms with Crippen LogP contribution in [0.2, 0.25) is 0 Å². The van der Waals surface area contributed by atoms with Crippen molar-refractivity contribution in [3.8, 4) is 0 Å². The van der Waals surface area contributed by atoms with Crippen LogP contribution in [0, 0.1) is 11.8 Å². The Morgan fingerprint density at radius 2 is 1.91 bits per heavy atom. The van der Waals surface area contributed by atoms with Gasteiger partial charge in [-0.1, -0.05) is 36.8 Å². The van der Waals surface area contributed by atoms with Gasteiger partial charge in [0, 0.05) is 5.92 Å². The number of primary amides is 1. The molecule has 1 saturated carbocycles. The van der Waals surface area contributed by atoms with Crippen molar-refractivity contribution in [3.63, 3.8) is 0 Å². The molecule has 5 nitrogen and oxygen atoms in total. The molecule has 1 aromatic carbocycles. The lowest BCUT2D eigenvalue weighted by Gasteiger charge is -2.30. The van der Waals surface area contributed by atoms with E-state index in [1.165, 1.54) is 0 Å². The molecule has 122 valence electrons. The second kappa shape index (κ2) is 7.61. The number of nitrogens with two attached hydrogens (primary N) is 2. The van der Waals surface area contributed by atoms with Crippen LogP contribution in [0.1, 0.15) is 31.7 Å². The third-order valence-electron chi connectivity index (χ3n) is 4.52. The van der Waals surface area contributed by atoms with Crippen molar-refractivity contribution in [2.24, 2.45) is 23.3 Å². The first-order valence-corrected chi connectivity index (χ1v) is 7.36. The Balaban J connectivity index is 0.00000242. The fourth-order valence-electron chi connectivity index (χ4n) is 3.05. The maximum absolute atomic E-state index is 12.5. The van der Waals surface area contributed by atoms with Crippen LogP contribution in [-0.2, 0) is 15.1 Å². The first kappa shape index (κ1) is 18.5. The molecule has 2 amide bonds. The zero-order valence-electron chi connectivity index (χ0n) is 12.7. The molecule has 1 aliphatic rings. The molecule has 0 saturated heterocycles. The van der Waals surface area contributed by atoms with Crippen molar-refractivity contribution in [2.45, 2.75) is 31.7 Å². The lowest BCUT2D eigenvalue weighted by molar-refractivity contribution is -0.134. The zero-order valence-corrected chi connectivity index (χ0v) is 13.6. The normalized spacial score (nSPS) is 23.2. The smallest absolute Gasteiger partial charge is 0.247 e. The van der Waals surface area contributed by atoms with Gasteiger partial charge in [-0.25, -0.2) is 0 Å². The van der Waals surface area contributed by atoms with E-state index in [0.717, 1.165) is 19.3 Å². The quantitative estimate of drug-likeness (QED) is 0.761. The molecule has 1 aliphatic carbocycles. The number of hydrogen-bond acceptors (Lipinski definition) is 3. The van der Waals surface area contributed by atoms with Gasteiger partial charge in [0.15, 0.2) is 0 Å².